The summed E-state index contributed by atoms with van der Waals surface area (Å²) in [6, 6.07) is 1.45. The van der Waals surface area contributed by atoms with Crippen LogP contribution in [0.4, 0.5) is 5.69 Å². The minimum Gasteiger partial charge on any atom is -0.478 e. The second-order valence-electron chi connectivity index (χ2n) is 4.03. The van der Waals surface area contributed by atoms with Gasteiger partial charge in [0.15, 0.2) is 0 Å². The summed E-state index contributed by atoms with van der Waals surface area (Å²) < 4.78 is 0. The molecule has 17 heavy (non-hydrogen) atoms. The van der Waals surface area contributed by atoms with Gasteiger partial charge in [0.25, 0.3) is 0 Å². The van der Waals surface area contributed by atoms with E-state index in [4.69, 9.17) is 10.8 Å². The zero-order chi connectivity index (χ0) is 12.4. The summed E-state index contributed by atoms with van der Waals surface area (Å²) in [5, 5.41) is 9.05. The third kappa shape index (κ3) is 2.20. The lowest BCUT2D eigenvalue weighted by Gasteiger charge is -2.19. The van der Waals surface area contributed by atoms with E-state index in [0.717, 1.165) is 0 Å². The number of primary amides is 1. The summed E-state index contributed by atoms with van der Waals surface area (Å²) in [7, 11) is 0. The molecule has 1 fully saturated rings. The predicted molar refractivity (Wildman–Crippen MR) is 60.7 cm³/mol. The van der Waals surface area contributed by atoms with Gasteiger partial charge >= 0.3 is 5.97 Å². The van der Waals surface area contributed by atoms with Crippen LogP contribution in [0.5, 0.6) is 0 Å². The molecule has 0 saturated carbocycles. The van der Waals surface area contributed by atoms with Gasteiger partial charge in [-0.2, -0.15) is 0 Å². The minimum atomic E-state index is -0.995. The van der Waals surface area contributed by atoms with Crippen molar-refractivity contribution in [3.8, 4) is 0 Å². The Kier molecular flexibility index (Phi) is 2.95. The van der Waals surface area contributed by atoms with E-state index in [1.54, 1.807) is 0 Å². The molecule has 0 aromatic carbocycles. The Bertz CT molecular complexity index is 461. The molecule has 3 N–H and O–H groups in total. The van der Waals surface area contributed by atoms with Crippen LogP contribution in [-0.4, -0.2) is 35.1 Å². The lowest BCUT2D eigenvalue weighted by atomic mass is 10.1. The first-order valence-electron chi connectivity index (χ1n) is 5.31. The third-order valence-electron chi connectivity index (χ3n) is 2.96. The van der Waals surface area contributed by atoms with Gasteiger partial charge in [-0.1, -0.05) is 0 Å². The number of carbonyl (C=O) groups is 2. The lowest BCUT2D eigenvalue weighted by molar-refractivity contribution is -0.121. The van der Waals surface area contributed by atoms with Crippen LogP contribution in [0.25, 0.3) is 0 Å². The number of nitrogens with zero attached hydrogens (tertiary/aromatic N) is 2. The maximum absolute atomic E-state index is 11.1. The largest absolute Gasteiger partial charge is 0.478 e. The molecule has 0 aliphatic carbocycles. The highest BCUT2D eigenvalue weighted by Gasteiger charge is 2.28. The van der Waals surface area contributed by atoms with Gasteiger partial charge in [0, 0.05) is 19.3 Å². The van der Waals surface area contributed by atoms with E-state index >= 15 is 0 Å². The van der Waals surface area contributed by atoms with E-state index in [2.05, 4.69) is 4.98 Å². The molecule has 0 radical (unpaired) electrons. The van der Waals surface area contributed by atoms with Gasteiger partial charge in [-0.3, -0.25) is 9.78 Å². The molecule has 1 aromatic rings. The van der Waals surface area contributed by atoms with Crippen molar-refractivity contribution in [1.82, 2.24) is 4.98 Å². The molecule has 90 valence electrons. The highest BCUT2D eigenvalue weighted by Crippen LogP contribution is 2.26. The topological polar surface area (TPSA) is 96.5 Å². The second kappa shape index (κ2) is 4.40. The Morgan fingerprint density at radius 2 is 2.29 bits per heavy atom. The molecular formula is C11H13N3O3. The van der Waals surface area contributed by atoms with Gasteiger partial charge in [-0.05, 0) is 12.5 Å². The number of rotatable bonds is 3. The fourth-order valence-corrected chi connectivity index (χ4v) is 2.03. The number of carbonyl (C=O) groups excluding carboxylic acids is 1. The maximum atomic E-state index is 11.1. The number of nitrogens with two attached hydrogens (primary N) is 1. The van der Waals surface area contributed by atoms with E-state index in [1.165, 1.54) is 18.5 Å². The van der Waals surface area contributed by atoms with Gasteiger partial charge in [-0.15, -0.1) is 0 Å². The zero-order valence-electron chi connectivity index (χ0n) is 9.17. The first-order chi connectivity index (χ1) is 8.09. The highest BCUT2D eigenvalue weighted by atomic mass is 16.4. The van der Waals surface area contributed by atoms with Crippen LogP contribution in [0, 0.1) is 5.92 Å². The number of hydrogen-bond acceptors (Lipinski definition) is 4. The molecule has 1 aliphatic heterocycles. The zero-order valence-corrected chi connectivity index (χ0v) is 9.17. The molecule has 2 rings (SSSR count). The van der Waals surface area contributed by atoms with Gasteiger partial charge in [0.1, 0.15) is 0 Å². The Morgan fingerprint density at radius 1 is 1.53 bits per heavy atom. The van der Waals surface area contributed by atoms with Crippen molar-refractivity contribution in [1.29, 1.82) is 0 Å². The standard InChI is InChI=1S/C11H13N3O3/c12-10(15)7-2-4-14(6-7)9-5-13-3-1-8(9)11(16)17/h1,3,5,7H,2,4,6H2,(H2,12,15)(H,16,17). The summed E-state index contributed by atoms with van der Waals surface area (Å²) in [4.78, 5) is 27.9. The average molecular weight is 235 g/mol. The number of anilines is 1. The van der Waals surface area contributed by atoms with Crippen molar-refractivity contribution in [2.45, 2.75) is 6.42 Å². The predicted octanol–water partition coefficient (Wildman–Crippen LogP) is 0.0914. The molecule has 1 aromatic heterocycles. The Balaban J connectivity index is 2.24. The van der Waals surface area contributed by atoms with Crippen LogP contribution < -0.4 is 10.6 Å². The summed E-state index contributed by atoms with van der Waals surface area (Å²) in [5.41, 5.74) is 5.98. The van der Waals surface area contributed by atoms with E-state index in [-0.39, 0.29) is 17.4 Å². The van der Waals surface area contributed by atoms with Gasteiger partial charge in [0.2, 0.25) is 5.91 Å². The van der Waals surface area contributed by atoms with E-state index in [0.29, 0.717) is 25.2 Å². The fourth-order valence-electron chi connectivity index (χ4n) is 2.03. The lowest BCUT2D eigenvalue weighted by Crippen LogP contribution is -2.28. The number of carboxylic acid groups (broad SMARTS) is 1. The van der Waals surface area contributed by atoms with Gasteiger partial charge in [-0.25, -0.2) is 4.79 Å². The molecule has 1 saturated heterocycles. The maximum Gasteiger partial charge on any atom is 0.337 e. The quantitative estimate of drug-likeness (QED) is 0.774. The molecule has 0 bridgehead atoms. The molecule has 6 heteroatoms. The molecule has 1 aliphatic rings. The number of carboxylic acids is 1. The number of pyridine rings is 1. The first kappa shape index (κ1) is 11.4. The van der Waals surface area contributed by atoms with E-state index in [9.17, 15) is 9.59 Å². The minimum absolute atomic E-state index is 0.199. The molecule has 6 nitrogen and oxygen atoms in total. The van der Waals surface area contributed by atoms with Crippen molar-refractivity contribution in [2.75, 3.05) is 18.0 Å². The number of aromatic carboxylic acids is 1. The second-order valence-corrected chi connectivity index (χ2v) is 4.03. The van der Waals surface area contributed by atoms with Gasteiger partial charge in [0.05, 0.1) is 23.4 Å². The molecule has 1 amide bonds. The number of amides is 1. The molecular weight excluding hydrogens is 222 g/mol. The summed E-state index contributed by atoms with van der Waals surface area (Å²) in [5.74, 6) is -1.55. The van der Waals surface area contributed by atoms with Crippen LogP contribution in [0.3, 0.4) is 0 Å². The molecule has 2 heterocycles. The Labute approximate surface area is 98.1 Å². The fraction of sp³-hybridized carbons (Fsp3) is 0.364. The molecule has 0 spiro atoms. The van der Waals surface area contributed by atoms with E-state index in [1.807, 2.05) is 4.90 Å². The normalized spacial score (nSPS) is 19.3. The summed E-state index contributed by atoms with van der Waals surface area (Å²) >= 11 is 0. The van der Waals surface area contributed by atoms with Crippen LogP contribution in [0.1, 0.15) is 16.8 Å². The summed E-state index contributed by atoms with van der Waals surface area (Å²) in [6.07, 6.45) is 3.60. The monoisotopic (exact) mass is 235 g/mol. The van der Waals surface area contributed by atoms with Crippen LogP contribution in [0.15, 0.2) is 18.5 Å². The van der Waals surface area contributed by atoms with Crippen LogP contribution >= 0.6 is 0 Å². The van der Waals surface area contributed by atoms with Crippen LogP contribution in [0.2, 0.25) is 0 Å². The van der Waals surface area contributed by atoms with Crippen molar-refractivity contribution in [3.63, 3.8) is 0 Å². The molecule has 1 unspecified atom stereocenters. The van der Waals surface area contributed by atoms with Crippen molar-refractivity contribution in [2.24, 2.45) is 11.7 Å². The number of hydrogen-bond donors (Lipinski definition) is 2. The first-order valence-corrected chi connectivity index (χ1v) is 5.31. The van der Waals surface area contributed by atoms with Crippen molar-refractivity contribution < 1.29 is 14.7 Å². The highest BCUT2D eigenvalue weighted by molar-refractivity contribution is 5.94. The van der Waals surface area contributed by atoms with Gasteiger partial charge < -0.3 is 15.7 Å². The third-order valence-corrected chi connectivity index (χ3v) is 2.96. The van der Waals surface area contributed by atoms with Crippen molar-refractivity contribution >= 4 is 17.6 Å². The Hall–Kier alpha value is -2.11. The molecule has 1 atom stereocenters. The van der Waals surface area contributed by atoms with Crippen LogP contribution in [-0.2, 0) is 4.79 Å². The average Bonchev–Trinajstić information content (AvgIpc) is 2.78. The smallest absolute Gasteiger partial charge is 0.337 e. The Morgan fingerprint density at radius 3 is 2.88 bits per heavy atom. The van der Waals surface area contributed by atoms with E-state index < -0.39 is 5.97 Å². The summed E-state index contributed by atoms with van der Waals surface area (Å²) in [6.45, 7) is 1.08. The number of aromatic nitrogens is 1. The SMILES string of the molecule is NC(=O)C1CCN(c2cnccc2C(=O)O)C1. The van der Waals surface area contributed by atoms with Crippen molar-refractivity contribution in [3.05, 3.63) is 24.0 Å².